The van der Waals surface area contributed by atoms with Crippen LogP contribution in [0.2, 0.25) is 0 Å². The first kappa shape index (κ1) is 22.8. The van der Waals surface area contributed by atoms with Crippen molar-refractivity contribution in [3.8, 4) is 11.4 Å². The number of hydrogen-bond donors (Lipinski definition) is 0. The number of nitrogens with zero attached hydrogens (tertiary/aromatic N) is 5. The van der Waals surface area contributed by atoms with Crippen molar-refractivity contribution in [1.82, 2.24) is 19.6 Å². The van der Waals surface area contributed by atoms with Crippen molar-refractivity contribution in [3.05, 3.63) is 82.2 Å². The van der Waals surface area contributed by atoms with Gasteiger partial charge in [0.2, 0.25) is 0 Å². The van der Waals surface area contributed by atoms with Crippen LogP contribution in [-0.2, 0) is 0 Å². The van der Waals surface area contributed by atoms with Crippen LogP contribution in [0.25, 0.3) is 5.69 Å². The smallest absolute Gasteiger partial charge is 0.387 e. The van der Waals surface area contributed by atoms with Crippen molar-refractivity contribution in [2.24, 2.45) is 0 Å². The van der Waals surface area contributed by atoms with E-state index in [-0.39, 0.29) is 54.8 Å². The van der Waals surface area contributed by atoms with E-state index in [4.69, 9.17) is 0 Å². The number of carbonyl (C=O) groups excluding carboxylic acids is 2. The molecule has 12 heteroatoms. The van der Waals surface area contributed by atoms with Crippen LogP contribution in [0.5, 0.6) is 5.75 Å². The molecule has 0 atom stereocenters. The molecule has 4 rings (SSSR count). The second-order valence-corrected chi connectivity index (χ2v) is 7.38. The molecule has 1 fully saturated rings. The topological polar surface area (TPSA) is 111 Å². The first-order valence-corrected chi connectivity index (χ1v) is 10.3. The summed E-state index contributed by atoms with van der Waals surface area (Å²) in [5, 5.41) is 15.2. The number of carbonyl (C=O) groups is 2. The quantitative estimate of drug-likeness (QED) is 0.404. The third-order valence-electron chi connectivity index (χ3n) is 5.30. The summed E-state index contributed by atoms with van der Waals surface area (Å²) in [6.07, 6.45) is 1.53. The minimum Gasteiger partial charge on any atom is -0.434 e. The van der Waals surface area contributed by atoms with E-state index in [1.165, 1.54) is 63.1 Å². The maximum absolute atomic E-state index is 12.9. The van der Waals surface area contributed by atoms with Crippen molar-refractivity contribution in [3.63, 3.8) is 0 Å². The Morgan fingerprint density at radius 3 is 2.32 bits per heavy atom. The Morgan fingerprint density at radius 2 is 1.65 bits per heavy atom. The van der Waals surface area contributed by atoms with Crippen LogP contribution in [-0.4, -0.2) is 69.1 Å². The molecule has 0 radical (unpaired) electrons. The predicted molar refractivity (Wildman–Crippen MR) is 115 cm³/mol. The van der Waals surface area contributed by atoms with E-state index in [2.05, 4.69) is 9.84 Å². The molecule has 3 aromatic rings. The van der Waals surface area contributed by atoms with E-state index in [9.17, 15) is 28.5 Å². The Balaban J connectivity index is 1.41. The van der Waals surface area contributed by atoms with Gasteiger partial charge in [-0.1, -0.05) is 18.2 Å². The van der Waals surface area contributed by atoms with Crippen LogP contribution < -0.4 is 4.74 Å². The van der Waals surface area contributed by atoms with E-state index in [0.717, 1.165) is 0 Å². The largest absolute Gasteiger partial charge is 0.434 e. The van der Waals surface area contributed by atoms with Gasteiger partial charge in [0, 0.05) is 44.5 Å². The Morgan fingerprint density at radius 1 is 0.971 bits per heavy atom. The van der Waals surface area contributed by atoms with Crippen molar-refractivity contribution < 1.29 is 28.0 Å². The highest BCUT2D eigenvalue weighted by atomic mass is 19.3. The Labute approximate surface area is 192 Å². The molecule has 0 bridgehead atoms. The van der Waals surface area contributed by atoms with E-state index in [0.29, 0.717) is 5.69 Å². The molecular weight excluding hydrogens is 452 g/mol. The molecular formula is C22H19F2N5O5. The van der Waals surface area contributed by atoms with Gasteiger partial charge >= 0.3 is 6.61 Å². The van der Waals surface area contributed by atoms with Crippen LogP contribution in [0, 0.1) is 10.1 Å². The Bertz CT molecular complexity index is 1220. The van der Waals surface area contributed by atoms with Gasteiger partial charge in [0.05, 0.1) is 16.2 Å². The molecule has 1 aliphatic rings. The Kier molecular flexibility index (Phi) is 6.48. The molecule has 0 unspecified atom stereocenters. The zero-order valence-electron chi connectivity index (χ0n) is 17.7. The number of ether oxygens (including phenoxy) is 1. The molecule has 2 aromatic carbocycles. The molecule has 0 saturated carbocycles. The average Bonchev–Trinajstić information content (AvgIpc) is 3.34. The molecule has 0 aliphatic carbocycles. The molecule has 1 aromatic heterocycles. The molecule has 1 aliphatic heterocycles. The lowest BCUT2D eigenvalue weighted by Crippen LogP contribution is -2.50. The predicted octanol–water partition coefficient (Wildman–Crippen LogP) is 2.98. The number of amides is 2. The number of halogens is 2. The van der Waals surface area contributed by atoms with Gasteiger partial charge in [-0.05, 0) is 24.3 Å². The van der Waals surface area contributed by atoms with E-state index >= 15 is 0 Å². The lowest BCUT2D eigenvalue weighted by atomic mass is 10.1. The summed E-state index contributed by atoms with van der Waals surface area (Å²) < 4.78 is 31.1. The van der Waals surface area contributed by atoms with Gasteiger partial charge in [0.25, 0.3) is 17.5 Å². The monoisotopic (exact) mass is 471 g/mol. The number of benzene rings is 2. The van der Waals surface area contributed by atoms with E-state index in [1.807, 2.05) is 0 Å². The van der Waals surface area contributed by atoms with E-state index in [1.54, 1.807) is 12.1 Å². The zero-order chi connectivity index (χ0) is 24.2. The van der Waals surface area contributed by atoms with Crippen molar-refractivity contribution in [2.75, 3.05) is 26.2 Å². The third kappa shape index (κ3) is 4.85. The minimum atomic E-state index is -3.05. The third-order valence-corrected chi connectivity index (χ3v) is 5.30. The molecule has 2 amide bonds. The molecule has 1 saturated heterocycles. The highest BCUT2D eigenvalue weighted by Gasteiger charge is 2.28. The molecule has 10 nitrogen and oxygen atoms in total. The summed E-state index contributed by atoms with van der Waals surface area (Å²) in [4.78, 5) is 39.2. The molecule has 0 spiro atoms. The van der Waals surface area contributed by atoms with Gasteiger partial charge in [-0.3, -0.25) is 19.7 Å². The normalized spacial score (nSPS) is 13.7. The van der Waals surface area contributed by atoms with Crippen molar-refractivity contribution in [1.29, 1.82) is 0 Å². The molecule has 2 heterocycles. The minimum absolute atomic E-state index is 0.0262. The van der Waals surface area contributed by atoms with Gasteiger partial charge in [0.15, 0.2) is 5.69 Å². The Hall–Kier alpha value is -4.35. The van der Waals surface area contributed by atoms with E-state index < -0.39 is 17.4 Å². The zero-order valence-corrected chi connectivity index (χ0v) is 17.7. The number of hydrogen-bond acceptors (Lipinski definition) is 6. The SMILES string of the molecule is O=C(c1ccn(-c2cccc([N+](=O)[O-])c2)n1)N1CCN(C(=O)c2ccccc2OC(F)F)CC1. The number of piperazine rings is 1. The standard InChI is InChI=1S/C22H19F2N5O5/c23-22(24)34-19-7-2-1-6-17(19)20(30)26-10-12-27(13-11-26)21(31)18-8-9-28(25-18)15-4-3-5-16(14-15)29(32)33/h1-9,14,22H,10-13H2. The fourth-order valence-electron chi connectivity index (χ4n) is 3.62. The summed E-state index contributed by atoms with van der Waals surface area (Å²) in [5.41, 5.74) is 0.524. The first-order valence-electron chi connectivity index (χ1n) is 10.3. The van der Waals surface area contributed by atoms with Crippen LogP contribution in [0.3, 0.4) is 0 Å². The summed E-state index contributed by atoms with van der Waals surface area (Å²) in [7, 11) is 0. The number of non-ortho nitro benzene ring substituents is 1. The van der Waals surface area contributed by atoms with Gasteiger partial charge < -0.3 is 14.5 Å². The summed E-state index contributed by atoms with van der Waals surface area (Å²) >= 11 is 0. The lowest BCUT2D eigenvalue weighted by molar-refractivity contribution is -0.384. The summed E-state index contributed by atoms with van der Waals surface area (Å²) in [5.74, 6) is -1.01. The fraction of sp³-hybridized carbons (Fsp3) is 0.227. The number of nitro benzene ring substituents is 1. The first-order chi connectivity index (χ1) is 16.3. The number of nitro groups is 1. The van der Waals surface area contributed by atoms with Crippen LogP contribution in [0.15, 0.2) is 60.8 Å². The summed E-state index contributed by atoms with van der Waals surface area (Å²) in [6.45, 7) is -2.18. The van der Waals surface area contributed by atoms with Crippen LogP contribution >= 0.6 is 0 Å². The van der Waals surface area contributed by atoms with Crippen LogP contribution in [0.4, 0.5) is 14.5 Å². The number of rotatable bonds is 6. The second-order valence-electron chi connectivity index (χ2n) is 7.38. The summed E-state index contributed by atoms with van der Waals surface area (Å²) in [6, 6.07) is 13.1. The highest BCUT2D eigenvalue weighted by molar-refractivity contribution is 5.97. The average molecular weight is 471 g/mol. The number of para-hydroxylation sites is 1. The second kappa shape index (κ2) is 9.65. The lowest BCUT2D eigenvalue weighted by Gasteiger charge is -2.34. The number of aromatic nitrogens is 2. The van der Waals surface area contributed by atoms with Gasteiger partial charge in [-0.15, -0.1) is 0 Å². The molecule has 34 heavy (non-hydrogen) atoms. The fourth-order valence-corrected chi connectivity index (χ4v) is 3.62. The van der Waals surface area contributed by atoms with Gasteiger partial charge in [-0.2, -0.15) is 13.9 Å². The maximum atomic E-state index is 12.9. The van der Waals surface area contributed by atoms with Gasteiger partial charge in [0.1, 0.15) is 5.75 Å². The number of alkyl halides is 2. The highest BCUT2D eigenvalue weighted by Crippen LogP contribution is 2.23. The van der Waals surface area contributed by atoms with Gasteiger partial charge in [-0.25, -0.2) is 4.68 Å². The van der Waals surface area contributed by atoms with Crippen LogP contribution in [0.1, 0.15) is 20.8 Å². The van der Waals surface area contributed by atoms with Crippen molar-refractivity contribution in [2.45, 2.75) is 6.61 Å². The van der Waals surface area contributed by atoms with Crippen molar-refractivity contribution >= 4 is 17.5 Å². The molecule has 176 valence electrons. The maximum Gasteiger partial charge on any atom is 0.387 e. The molecule has 0 N–H and O–H groups in total.